The second-order valence-corrected chi connectivity index (χ2v) is 5.29. The smallest absolute Gasteiger partial charge is 0.273 e. The molecule has 0 fully saturated rings. The minimum atomic E-state index is -0.647. The summed E-state index contributed by atoms with van der Waals surface area (Å²) in [6.45, 7) is 0.350. The van der Waals surface area contributed by atoms with Gasteiger partial charge in [-0.1, -0.05) is 22.0 Å². The largest absolute Gasteiger partial charge is 0.308 e. The lowest BCUT2D eigenvalue weighted by molar-refractivity contribution is -0.385. The van der Waals surface area contributed by atoms with E-state index >= 15 is 0 Å². The summed E-state index contributed by atoms with van der Waals surface area (Å²) in [4.78, 5) is 10.4. The molecule has 0 radical (unpaired) electrons. The molecule has 0 spiro atoms. The van der Waals surface area contributed by atoms with Crippen LogP contribution in [0.15, 0.2) is 40.9 Å². The van der Waals surface area contributed by atoms with Crippen LogP contribution in [0.25, 0.3) is 0 Å². The molecule has 2 aromatic rings. The second-order valence-electron chi connectivity index (χ2n) is 4.37. The monoisotopic (exact) mass is 356 g/mol. The average Bonchev–Trinajstić information content (AvgIpc) is 2.41. The Morgan fingerprint density at radius 1 is 1.10 bits per heavy atom. The first-order valence-corrected chi connectivity index (χ1v) is 6.84. The van der Waals surface area contributed by atoms with E-state index in [4.69, 9.17) is 0 Å². The van der Waals surface area contributed by atoms with Crippen LogP contribution in [0.2, 0.25) is 0 Å². The third kappa shape index (κ3) is 4.05. The van der Waals surface area contributed by atoms with E-state index < -0.39 is 16.6 Å². The van der Waals surface area contributed by atoms with Crippen molar-refractivity contribution in [2.24, 2.45) is 0 Å². The zero-order valence-corrected chi connectivity index (χ0v) is 12.4. The van der Waals surface area contributed by atoms with E-state index in [1.807, 2.05) is 0 Å². The van der Waals surface area contributed by atoms with Gasteiger partial charge < -0.3 is 5.32 Å². The maximum atomic E-state index is 13.5. The molecule has 0 aromatic heterocycles. The molecule has 21 heavy (non-hydrogen) atoms. The van der Waals surface area contributed by atoms with Gasteiger partial charge in [0.25, 0.3) is 5.69 Å². The zero-order chi connectivity index (χ0) is 15.4. The van der Waals surface area contributed by atoms with Gasteiger partial charge in [-0.15, -0.1) is 0 Å². The predicted molar refractivity (Wildman–Crippen MR) is 77.7 cm³/mol. The molecule has 4 nitrogen and oxygen atoms in total. The van der Waals surface area contributed by atoms with Crippen molar-refractivity contribution in [1.82, 2.24) is 5.32 Å². The number of benzene rings is 2. The van der Waals surface area contributed by atoms with Crippen molar-refractivity contribution in [3.05, 3.63) is 73.7 Å². The molecule has 0 saturated carbocycles. The van der Waals surface area contributed by atoms with Crippen LogP contribution < -0.4 is 5.32 Å². The molecule has 0 bridgehead atoms. The molecule has 0 unspecified atom stereocenters. The van der Waals surface area contributed by atoms with Crippen LogP contribution in [-0.4, -0.2) is 4.92 Å². The van der Waals surface area contributed by atoms with Gasteiger partial charge in [0.15, 0.2) is 0 Å². The van der Waals surface area contributed by atoms with E-state index in [2.05, 4.69) is 21.2 Å². The Balaban J connectivity index is 2.06. The molecular weight excluding hydrogens is 346 g/mol. The van der Waals surface area contributed by atoms with Crippen LogP contribution in [0.1, 0.15) is 11.1 Å². The van der Waals surface area contributed by atoms with Gasteiger partial charge in [0.05, 0.1) is 4.92 Å². The number of nitro groups is 1. The lowest BCUT2D eigenvalue weighted by Gasteiger charge is -2.07. The van der Waals surface area contributed by atoms with Gasteiger partial charge in [0.2, 0.25) is 0 Å². The van der Waals surface area contributed by atoms with Gasteiger partial charge in [-0.05, 0) is 18.2 Å². The first kappa shape index (κ1) is 15.5. The van der Waals surface area contributed by atoms with Gasteiger partial charge in [-0.3, -0.25) is 10.1 Å². The first-order valence-electron chi connectivity index (χ1n) is 6.05. The number of nitrogens with one attached hydrogen (secondary N) is 1. The van der Waals surface area contributed by atoms with E-state index in [-0.39, 0.29) is 18.8 Å². The van der Waals surface area contributed by atoms with E-state index in [9.17, 15) is 18.9 Å². The molecule has 0 aliphatic heterocycles. The first-order chi connectivity index (χ1) is 9.97. The highest BCUT2D eigenvalue weighted by Gasteiger charge is 2.13. The number of hydrogen-bond acceptors (Lipinski definition) is 3. The van der Waals surface area contributed by atoms with E-state index in [0.29, 0.717) is 11.1 Å². The van der Waals surface area contributed by atoms with Crippen LogP contribution >= 0.6 is 15.9 Å². The molecule has 7 heteroatoms. The van der Waals surface area contributed by atoms with Crippen molar-refractivity contribution < 1.29 is 13.7 Å². The molecule has 0 heterocycles. The number of nitrogens with zero attached hydrogens (tertiary/aromatic N) is 1. The predicted octanol–water partition coefficient (Wildman–Crippen LogP) is 3.93. The molecule has 0 saturated heterocycles. The third-order valence-corrected chi connectivity index (χ3v) is 3.38. The van der Waals surface area contributed by atoms with Gasteiger partial charge >= 0.3 is 0 Å². The van der Waals surface area contributed by atoms with Crippen molar-refractivity contribution in [3.63, 3.8) is 0 Å². The Labute approximate surface area is 128 Å². The van der Waals surface area contributed by atoms with Gasteiger partial charge in [-0.2, -0.15) is 0 Å². The standard InChI is InChI=1S/C14H11BrF2N2O2/c15-11-2-4-14(19(20)21)10(5-11)8-18-7-9-1-3-12(16)6-13(9)17/h1-6,18H,7-8H2. The Bertz CT molecular complexity index is 680. The minimum Gasteiger partial charge on any atom is -0.308 e. The van der Waals surface area contributed by atoms with E-state index in [0.717, 1.165) is 10.5 Å². The summed E-state index contributed by atoms with van der Waals surface area (Å²) in [6.07, 6.45) is 0. The summed E-state index contributed by atoms with van der Waals surface area (Å²) in [5, 5.41) is 13.8. The molecule has 110 valence electrons. The highest BCUT2D eigenvalue weighted by Crippen LogP contribution is 2.23. The Morgan fingerprint density at radius 2 is 1.81 bits per heavy atom. The van der Waals surface area contributed by atoms with Crippen LogP contribution in [-0.2, 0) is 13.1 Å². The summed E-state index contributed by atoms with van der Waals surface area (Å²) in [6, 6.07) is 7.93. The molecule has 0 atom stereocenters. The maximum absolute atomic E-state index is 13.5. The van der Waals surface area contributed by atoms with Gasteiger partial charge in [0, 0.05) is 40.8 Å². The maximum Gasteiger partial charge on any atom is 0.273 e. The van der Waals surface area contributed by atoms with Crippen LogP contribution in [0.3, 0.4) is 0 Å². The fraction of sp³-hybridized carbons (Fsp3) is 0.143. The summed E-state index contributed by atoms with van der Waals surface area (Å²) in [5.74, 6) is -1.29. The lowest BCUT2D eigenvalue weighted by Crippen LogP contribution is -2.15. The van der Waals surface area contributed by atoms with Crippen LogP contribution in [0.4, 0.5) is 14.5 Å². The average molecular weight is 357 g/mol. The van der Waals surface area contributed by atoms with Crippen molar-refractivity contribution in [1.29, 1.82) is 0 Å². The Kier molecular flexibility index (Phi) is 4.98. The zero-order valence-electron chi connectivity index (χ0n) is 10.8. The number of rotatable bonds is 5. The quantitative estimate of drug-likeness (QED) is 0.652. The van der Waals surface area contributed by atoms with Crippen molar-refractivity contribution >= 4 is 21.6 Å². The third-order valence-electron chi connectivity index (χ3n) is 2.88. The normalized spacial score (nSPS) is 10.6. The summed E-state index contributed by atoms with van der Waals surface area (Å²) < 4.78 is 27.0. The Morgan fingerprint density at radius 3 is 2.48 bits per heavy atom. The second kappa shape index (κ2) is 6.73. The molecule has 2 rings (SSSR count). The molecule has 0 aliphatic rings. The molecule has 2 aromatic carbocycles. The molecule has 1 N–H and O–H groups in total. The van der Waals surface area contributed by atoms with Crippen molar-refractivity contribution in [2.75, 3.05) is 0 Å². The Hall–Kier alpha value is -1.86. The van der Waals surface area contributed by atoms with Crippen LogP contribution in [0.5, 0.6) is 0 Å². The van der Waals surface area contributed by atoms with Gasteiger partial charge in [-0.25, -0.2) is 8.78 Å². The topological polar surface area (TPSA) is 55.2 Å². The SMILES string of the molecule is O=[N+]([O-])c1ccc(Br)cc1CNCc1ccc(F)cc1F. The number of nitro benzene ring substituents is 1. The van der Waals surface area contributed by atoms with Crippen molar-refractivity contribution in [3.8, 4) is 0 Å². The number of hydrogen-bond donors (Lipinski definition) is 1. The molecular formula is C14H11BrF2N2O2. The fourth-order valence-corrected chi connectivity index (χ4v) is 2.28. The fourth-order valence-electron chi connectivity index (χ4n) is 1.87. The molecule has 0 aliphatic carbocycles. The molecule has 0 amide bonds. The highest BCUT2D eigenvalue weighted by atomic mass is 79.9. The summed E-state index contributed by atoms with van der Waals surface area (Å²) in [5.41, 5.74) is 0.774. The van der Waals surface area contributed by atoms with Gasteiger partial charge in [0.1, 0.15) is 11.6 Å². The van der Waals surface area contributed by atoms with E-state index in [1.165, 1.54) is 18.2 Å². The lowest BCUT2D eigenvalue weighted by atomic mass is 10.1. The van der Waals surface area contributed by atoms with E-state index in [1.54, 1.807) is 12.1 Å². The van der Waals surface area contributed by atoms with Crippen LogP contribution in [0, 0.1) is 21.7 Å². The van der Waals surface area contributed by atoms with Crippen molar-refractivity contribution in [2.45, 2.75) is 13.1 Å². The summed E-state index contributed by atoms with van der Waals surface area (Å²) >= 11 is 3.25. The minimum absolute atomic E-state index is 0.00900. The summed E-state index contributed by atoms with van der Waals surface area (Å²) in [7, 11) is 0. The highest BCUT2D eigenvalue weighted by molar-refractivity contribution is 9.10. The number of halogens is 3.